The zero-order chi connectivity index (χ0) is 12.4. The molecule has 0 saturated carbocycles. The fourth-order valence-corrected chi connectivity index (χ4v) is 2.93. The number of ether oxygens (including phenoxy) is 1. The predicted octanol–water partition coefficient (Wildman–Crippen LogP) is 2.64. The summed E-state index contributed by atoms with van der Waals surface area (Å²) in [5.41, 5.74) is 0. The van der Waals surface area contributed by atoms with Gasteiger partial charge in [0.1, 0.15) is 5.82 Å². The molecular weight excluding hydrogens is 272 g/mol. The van der Waals surface area contributed by atoms with Gasteiger partial charge in [0, 0.05) is 17.4 Å². The van der Waals surface area contributed by atoms with Crippen LogP contribution in [0.2, 0.25) is 4.34 Å². The van der Waals surface area contributed by atoms with E-state index < -0.39 is 0 Å². The van der Waals surface area contributed by atoms with Crippen molar-refractivity contribution in [1.29, 1.82) is 0 Å². The highest BCUT2D eigenvalue weighted by atomic mass is 35.5. The van der Waals surface area contributed by atoms with E-state index in [0.717, 1.165) is 34.7 Å². The SMILES string of the molecule is Clc1ccc(CNc2n[nH]c(C3CCOC3)n2)s1. The van der Waals surface area contributed by atoms with Gasteiger partial charge in [-0.3, -0.25) is 5.10 Å². The lowest BCUT2D eigenvalue weighted by Crippen LogP contribution is -2.01. The number of nitrogens with zero attached hydrogens (tertiary/aromatic N) is 2. The van der Waals surface area contributed by atoms with E-state index in [0.29, 0.717) is 18.4 Å². The molecule has 1 saturated heterocycles. The lowest BCUT2D eigenvalue weighted by atomic mass is 10.1. The normalized spacial score (nSPS) is 19.3. The van der Waals surface area contributed by atoms with Gasteiger partial charge in [0.15, 0.2) is 0 Å². The topological polar surface area (TPSA) is 62.8 Å². The summed E-state index contributed by atoms with van der Waals surface area (Å²) >= 11 is 7.43. The molecule has 1 atom stereocenters. The van der Waals surface area contributed by atoms with Crippen molar-refractivity contribution in [3.8, 4) is 0 Å². The molecule has 0 aromatic carbocycles. The van der Waals surface area contributed by atoms with Crippen molar-refractivity contribution in [2.75, 3.05) is 18.5 Å². The maximum absolute atomic E-state index is 5.87. The molecule has 96 valence electrons. The molecule has 0 bridgehead atoms. The van der Waals surface area contributed by atoms with Crippen molar-refractivity contribution in [1.82, 2.24) is 15.2 Å². The number of anilines is 1. The highest BCUT2D eigenvalue weighted by Crippen LogP contribution is 2.24. The Morgan fingerprint density at radius 1 is 1.56 bits per heavy atom. The van der Waals surface area contributed by atoms with Crippen LogP contribution in [0, 0.1) is 0 Å². The van der Waals surface area contributed by atoms with Crippen LogP contribution in [-0.2, 0) is 11.3 Å². The zero-order valence-corrected chi connectivity index (χ0v) is 11.2. The van der Waals surface area contributed by atoms with E-state index in [1.54, 1.807) is 11.3 Å². The van der Waals surface area contributed by atoms with Crippen LogP contribution in [0.3, 0.4) is 0 Å². The number of hydrogen-bond acceptors (Lipinski definition) is 5. The third kappa shape index (κ3) is 2.66. The van der Waals surface area contributed by atoms with Gasteiger partial charge in [-0.05, 0) is 18.6 Å². The molecule has 2 N–H and O–H groups in total. The first kappa shape index (κ1) is 12.0. The van der Waals surface area contributed by atoms with Crippen molar-refractivity contribution in [3.63, 3.8) is 0 Å². The number of rotatable bonds is 4. The van der Waals surface area contributed by atoms with Gasteiger partial charge in [0.2, 0.25) is 5.95 Å². The first-order valence-corrected chi connectivity index (χ1v) is 6.99. The lowest BCUT2D eigenvalue weighted by Gasteiger charge is -2.00. The Kier molecular flexibility index (Phi) is 3.49. The van der Waals surface area contributed by atoms with Gasteiger partial charge in [-0.2, -0.15) is 4.98 Å². The number of halogens is 1. The molecule has 0 aliphatic carbocycles. The molecule has 0 amide bonds. The van der Waals surface area contributed by atoms with Crippen LogP contribution in [0.25, 0.3) is 0 Å². The molecule has 1 aliphatic rings. The molecule has 18 heavy (non-hydrogen) atoms. The highest BCUT2D eigenvalue weighted by Gasteiger charge is 2.21. The van der Waals surface area contributed by atoms with E-state index in [4.69, 9.17) is 16.3 Å². The summed E-state index contributed by atoms with van der Waals surface area (Å²) in [5, 5.41) is 10.3. The molecule has 5 nitrogen and oxygen atoms in total. The van der Waals surface area contributed by atoms with E-state index in [9.17, 15) is 0 Å². The second-order valence-corrected chi connectivity index (χ2v) is 5.96. The number of H-pyrrole nitrogens is 1. The van der Waals surface area contributed by atoms with Gasteiger partial charge in [0.25, 0.3) is 0 Å². The maximum Gasteiger partial charge on any atom is 0.242 e. The third-order valence-electron chi connectivity index (χ3n) is 2.87. The monoisotopic (exact) mass is 284 g/mol. The fourth-order valence-electron chi connectivity index (χ4n) is 1.90. The largest absolute Gasteiger partial charge is 0.381 e. The molecule has 2 aromatic heterocycles. The van der Waals surface area contributed by atoms with Gasteiger partial charge in [-0.25, -0.2) is 0 Å². The number of nitrogens with one attached hydrogen (secondary N) is 2. The lowest BCUT2D eigenvalue weighted by molar-refractivity contribution is 0.193. The summed E-state index contributed by atoms with van der Waals surface area (Å²) in [6.07, 6.45) is 1.01. The second-order valence-electron chi connectivity index (χ2n) is 4.16. The van der Waals surface area contributed by atoms with Crippen molar-refractivity contribution in [3.05, 3.63) is 27.2 Å². The molecule has 3 heterocycles. The van der Waals surface area contributed by atoms with E-state index in [1.807, 2.05) is 12.1 Å². The Balaban J connectivity index is 1.59. The Hall–Kier alpha value is -1.11. The summed E-state index contributed by atoms with van der Waals surface area (Å²) < 4.78 is 6.13. The molecule has 1 unspecified atom stereocenters. The Morgan fingerprint density at radius 2 is 2.50 bits per heavy atom. The highest BCUT2D eigenvalue weighted by molar-refractivity contribution is 7.16. The Morgan fingerprint density at radius 3 is 3.22 bits per heavy atom. The standard InChI is InChI=1S/C11H13ClN4OS/c12-9-2-1-8(18-9)5-13-11-14-10(15-16-11)7-3-4-17-6-7/h1-2,7H,3-6H2,(H2,13,14,15,16). The maximum atomic E-state index is 5.87. The second kappa shape index (κ2) is 5.26. The summed E-state index contributed by atoms with van der Waals surface area (Å²) in [6, 6.07) is 3.89. The summed E-state index contributed by atoms with van der Waals surface area (Å²) in [7, 11) is 0. The number of thiophene rings is 1. The fraction of sp³-hybridized carbons (Fsp3) is 0.455. The smallest absolute Gasteiger partial charge is 0.242 e. The van der Waals surface area contributed by atoms with E-state index >= 15 is 0 Å². The van der Waals surface area contributed by atoms with Gasteiger partial charge >= 0.3 is 0 Å². The average molecular weight is 285 g/mol. The van der Waals surface area contributed by atoms with Crippen molar-refractivity contribution in [2.45, 2.75) is 18.9 Å². The number of hydrogen-bond donors (Lipinski definition) is 2. The number of aromatic nitrogens is 3. The van der Waals surface area contributed by atoms with Crippen LogP contribution in [0.15, 0.2) is 12.1 Å². The van der Waals surface area contributed by atoms with Gasteiger partial charge in [0.05, 0.1) is 17.5 Å². The third-order valence-corrected chi connectivity index (χ3v) is 4.10. The minimum Gasteiger partial charge on any atom is -0.381 e. The van der Waals surface area contributed by atoms with Crippen LogP contribution in [-0.4, -0.2) is 28.4 Å². The number of aromatic amines is 1. The van der Waals surface area contributed by atoms with Crippen molar-refractivity contribution in [2.24, 2.45) is 0 Å². The minimum absolute atomic E-state index is 0.351. The average Bonchev–Trinajstić information content (AvgIpc) is 3.07. The van der Waals surface area contributed by atoms with Crippen LogP contribution in [0.1, 0.15) is 23.0 Å². The summed E-state index contributed by atoms with van der Waals surface area (Å²) in [6.45, 7) is 2.23. The van der Waals surface area contributed by atoms with Gasteiger partial charge in [-0.15, -0.1) is 16.4 Å². The molecule has 7 heteroatoms. The Bertz CT molecular complexity index is 521. The van der Waals surface area contributed by atoms with Crippen LogP contribution >= 0.6 is 22.9 Å². The van der Waals surface area contributed by atoms with E-state index in [-0.39, 0.29) is 0 Å². The molecule has 3 rings (SSSR count). The first-order chi connectivity index (χ1) is 8.81. The molecule has 0 spiro atoms. The molecule has 1 aliphatic heterocycles. The first-order valence-electron chi connectivity index (χ1n) is 5.79. The zero-order valence-electron chi connectivity index (χ0n) is 9.65. The van der Waals surface area contributed by atoms with E-state index in [2.05, 4.69) is 20.5 Å². The summed E-state index contributed by atoms with van der Waals surface area (Å²) in [5.74, 6) is 1.88. The van der Waals surface area contributed by atoms with Crippen LogP contribution in [0.5, 0.6) is 0 Å². The van der Waals surface area contributed by atoms with Crippen LogP contribution < -0.4 is 5.32 Å². The van der Waals surface area contributed by atoms with E-state index in [1.165, 1.54) is 0 Å². The quantitative estimate of drug-likeness (QED) is 0.906. The minimum atomic E-state index is 0.351. The summed E-state index contributed by atoms with van der Waals surface area (Å²) in [4.78, 5) is 5.59. The predicted molar refractivity (Wildman–Crippen MR) is 71.2 cm³/mol. The van der Waals surface area contributed by atoms with Gasteiger partial charge in [-0.1, -0.05) is 11.6 Å². The molecule has 0 radical (unpaired) electrons. The molecule has 2 aromatic rings. The van der Waals surface area contributed by atoms with Crippen molar-refractivity contribution < 1.29 is 4.74 Å². The van der Waals surface area contributed by atoms with Crippen molar-refractivity contribution >= 4 is 28.9 Å². The van der Waals surface area contributed by atoms with Crippen LogP contribution in [0.4, 0.5) is 5.95 Å². The molecular formula is C11H13ClN4OS. The van der Waals surface area contributed by atoms with Gasteiger partial charge < -0.3 is 10.1 Å². The Labute approximate surface area is 114 Å². The molecule has 1 fully saturated rings.